The van der Waals surface area contributed by atoms with Crippen molar-refractivity contribution in [2.75, 3.05) is 7.11 Å². The summed E-state index contributed by atoms with van der Waals surface area (Å²) in [5.41, 5.74) is 2.17. The fourth-order valence-corrected chi connectivity index (χ4v) is 1.93. The average Bonchev–Trinajstić information content (AvgIpc) is 2.62. The first-order valence-corrected chi connectivity index (χ1v) is 5.36. The first kappa shape index (κ1) is 11.9. The molecular formula is C10H13NO3S. The SMILES string of the molecule is CONC(=O)CCC(=O)c1ccc(C)s1. The molecule has 0 saturated carbocycles. The molecule has 0 spiro atoms. The Balaban J connectivity index is 2.40. The van der Waals surface area contributed by atoms with Crippen LogP contribution in [0.4, 0.5) is 0 Å². The van der Waals surface area contributed by atoms with Crippen LogP contribution in [-0.4, -0.2) is 18.8 Å². The molecule has 0 radical (unpaired) electrons. The molecule has 0 aromatic carbocycles. The number of nitrogens with one attached hydrogen (secondary N) is 1. The van der Waals surface area contributed by atoms with Gasteiger partial charge in [0.25, 0.3) is 0 Å². The number of hydroxylamine groups is 1. The van der Waals surface area contributed by atoms with Crippen molar-refractivity contribution in [2.24, 2.45) is 0 Å². The van der Waals surface area contributed by atoms with Gasteiger partial charge in [0.2, 0.25) is 5.91 Å². The van der Waals surface area contributed by atoms with Crippen molar-refractivity contribution in [3.63, 3.8) is 0 Å². The summed E-state index contributed by atoms with van der Waals surface area (Å²) in [4.78, 5) is 28.8. The van der Waals surface area contributed by atoms with Gasteiger partial charge in [0.1, 0.15) is 0 Å². The van der Waals surface area contributed by atoms with Gasteiger partial charge < -0.3 is 0 Å². The predicted molar refractivity (Wildman–Crippen MR) is 57.8 cm³/mol. The number of ketones is 1. The van der Waals surface area contributed by atoms with Crippen molar-refractivity contribution in [3.05, 3.63) is 21.9 Å². The quantitative estimate of drug-likeness (QED) is 0.615. The Labute approximate surface area is 92.2 Å². The molecule has 0 aliphatic heterocycles. The highest BCUT2D eigenvalue weighted by atomic mass is 32.1. The highest BCUT2D eigenvalue weighted by Gasteiger charge is 2.10. The summed E-state index contributed by atoms with van der Waals surface area (Å²) >= 11 is 1.45. The molecule has 0 aliphatic rings. The third kappa shape index (κ3) is 3.81. The zero-order valence-electron chi connectivity index (χ0n) is 8.70. The van der Waals surface area contributed by atoms with Crippen LogP contribution >= 0.6 is 11.3 Å². The maximum absolute atomic E-state index is 11.6. The number of amides is 1. The molecule has 1 amide bonds. The van der Waals surface area contributed by atoms with Gasteiger partial charge in [-0.1, -0.05) is 0 Å². The lowest BCUT2D eigenvalue weighted by Gasteiger charge is -2.00. The molecule has 1 heterocycles. The Hall–Kier alpha value is -1.20. The molecule has 1 N–H and O–H groups in total. The second kappa shape index (κ2) is 5.63. The van der Waals surface area contributed by atoms with Crippen LogP contribution in [0.25, 0.3) is 0 Å². The number of hydrogen-bond donors (Lipinski definition) is 1. The fourth-order valence-electron chi connectivity index (χ4n) is 1.10. The van der Waals surface area contributed by atoms with Crippen molar-refractivity contribution in [1.29, 1.82) is 0 Å². The lowest BCUT2D eigenvalue weighted by atomic mass is 10.2. The van der Waals surface area contributed by atoms with E-state index in [1.54, 1.807) is 6.07 Å². The summed E-state index contributed by atoms with van der Waals surface area (Å²) in [6, 6.07) is 3.68. The number of rotatable bonds is 5. The van der Waals surface area contributed by atoms with E-state index in [2.05, 4.69) is 10.3 Å². The molecule has 0 bridgehead atoms. The molecule has 1 aromatic heterocycles. The largest absolute Gasteiger partial charge is 0.293 e. The van der Waals surface area contributed by atoms with Gasteiger partial charge in [-0.25, -0.2) is 5.48 Å². The standard InChI is InChI=1S/C10H13NO3S/c1-7-3-5-9(15-7)8(12)4-6-10(13)11-14-2/h3,5H,4,6H2,1-2H3,(H,11,13). The van der Waals surface area contributed by atoms with Gasteiger partial charge in [0, 0.05) is 17.7 Å². The molecule has 1 aromatic rings. The molecule has 0 saturated heterocycles. The third-order valence-corrected chi connectivity index (χ3v) is 2.85. The first-order chi connectivity index (χ1) is 7.13. The van der Waals surface area contributed by atoms with Crippen LogP contribution in [0.2, 0.25) is 0 Å². The van der Waals surface area contributed by atoms with Gasteiger partial charge in [0.05, 0.1) is 12.0 Å². The molecule has 15 heavy (non-hydrogen) atoms. The van der Waals surface area contributed by atoms with Crippen LogP contribution in [0.1, 0.15) is 27.4 Å². The van der Waals surface area contributed by atoms with E-state index in [1.165, 1.54) is 18.4 Å². The van der Waals surface area contributed by atoms with E-state index in [0.717, 1.165) is 4.88 Å². The number of carbonyl (C=O) groups is 2. The van der Waals surface area contributed by atoms with Crippen molar-refractivity contribution in [3.8, 4) is 0 Å². The number of hydrogen-bond acceptors (Lipinski definition) is 4. The van der Waals surface area contributed by atoms with Gasteiger partial charge in [-0.2, -0.15) is 0 Å². The minimum Gasteiger partial charge on any atom is -0.293 e. The zero-order valence-corrected chi connectivity index (χ0v) is 9.52. The van der Waals surface area contributed by atoms with Crippen LogP contribution in [0.5, 0.6) is 0 Å². The van der Waals surface area contributed by atoms with E-state index in [1.807, 2.05) is 13.0 Å². The smallest absolute Gasteiger partial charge is 0.243 e. The average molecular weight is 227 g/mol. The second-order valence-corrected chi connectivity index (χ2v) is 4.35. The number of Topliss-reactive ketones (excluding diaryl/α,β-unsaturated/α-hetero) is 1. The molecular weight excluding hydrogens is 214 g/mol. The van der Waals surface area contributed by atoms with E-state index in [0.29, 0.717) is 4.88 Å². The Morgan fingerprint density at radius 1 is 1.40 bits per heavy atom. The Morgan fingerprint density at radius 2 is 2.13 bits per heavy atom. The van der Waals surface area contributed by atoms with E-state index < -0.39 is 0 Å². The summed E-state index contributed by atoms with van der Waals surface area (Å²) in [7, 11) is 1.36. The normalized spacial score (nSPS) is 10.0. The monoisotopic (exact) mass is 227 g/mol. The summed E-state index contributed by atoms with van der Waals surface area (Å²) in [6.07, 6.45) is 0.374. The highest BCUT2D eigenvalue weighted by molar-refractivity contribution is 7.14. The molecule has 5 heteroatoms. The van der Waals surface area contributed by atoms with Gasteiger partial charge in [-0.3, -0.25) is 14.4 Å². The molecule has 1 rings (SSSR count). The van der Waals surface area contributed by atoms with Gasteiger partial charge in [0.15, 0.2) is 5.78 Å². The topological polar surface area (TPSA) is 55.4 Å². The Bertz CT molecular complexity index is 359. The molecule has 0 unspecified atom stereocenters. The maximum Gasteiger partial charge on any atom is 0.243 e. The van der Waals surface area contributed by atoms with Crippen LogP contribution in [-0.2, 0) is 9.63 Å². The highest BCUT2D eigenvalue weighted by Crippen LogP contribution is 2.17. The van der Waals surface area contributed by atoms with Crippen LogP contribution in [0, 0.1) is 6.92 Å². The number of thiophene rings is 1. The van der Waals surface area contributed by atoms with Gasteiger partial charge in [-0.15, -0.1) is 11.3 Å². The number of carbonyl (C=O) groups excluding carboxylic acids is 2. The fraction of sp³-hybridized carbons (Fsp3) is 0.400. The minimum absolute atomic E-state index is 0.000599. The molecule has 0 fully saturated rings. The van der Waals surface area contributed by atoms with Crippen molar-refractivity contribution in [1.82, 2.24) is 5.48 Å². The predicted octanol–water partition coefficient (Wildman–Crippen LogP) is 1.70. The zero-order chi connectivity index (χ0) is 11.3. The van der Waals surface area contributed by atoms with Crippen molar-refractivity contribution in [2.45, 2.75) is 19.8 Å². The maximum atomic E-state index is 11.6. The molecule has 0 aliphatic carbocycles. The molecule has 0 atom stereocenters. The van der Waals surface area contributed by atoms with E-state index in [4.69, 9.17) is 0 Å². The minimum atomic E-state index is -0.279. The van der Waals surface area contributed by atoms with Crippen LogP contribution in [0.3, 0.4) is 0 Å². The van der Waals surface area contributed by atoms with E-state index >= 15 is 0 Å². The van der Waals surface area contributed by atoms with Crippen molar-refractivity contribution >= 4 is 23.0 Å². The summed E-state index contributed by atoms with van der Waals surface area (Å²) in [6.45, 7) is 1.94. The van der Waals surface area contributed by atoms with Crippen LogP contribution < -0.4 is 5.48 Å². The Morgan fingerprint density at radius 3 is 2.67 bits per heavy atom. The lowest BCUT2D eigenvalue weighted by molar-refractivity contribution is -0.131. The summed E-state index contributed by atoms with van der Waals surface area (Å²) < 4.78 is 0. The summed E-state index contributed by atoms with van der Waals surface area (Å²) in [5, 5.41) is 0. The third-order valence-electron chi connectivity index (χ3n) is 1.81. The first-order valence-electron chi connectivity index (χ1n) is 4.55. The molecule has 82 valence electrons. The van der Waals surface area contributed by atoms with E-state index in [-0.39, 0.29) is 24.5 Å². The van der Waals surface area contributed by atoms with Crippen molar-refractivity contribution < 1.29 is 14.4 Å². The summed E-state index contributed by atoms with van der Waals surface area (Å²) in [5.74, 6) is -0.279. The number of aryl methyl sites for hydroxylation is 1. The van der Waals surface area contributed by atoms with Gasteiger partial charge >= 0.3 is 0 Å². The van der Waals surface area contributed by atoms with Gasteiger partial charge in [-0.05, 0) is 19.1 Å². The Kier molecular flexibility index (Phi) is 4.45. The lowest BCUT2D eigenvalue weighted by Crippen LogP contribution is -2.22. The van der Waals surface area contributed by atoms with E-state index in [9.17, 15) is 9.59 Å². The molecule has 4 nitrogen and oxygen atoms in total. The van der Waals surface area contributed by atoms with Crippen LogP contribution in [0.15, 0.2) is 12.1 Å². The second-order valence-electron chi connectivity index (χ2n) is 3.06.